The summed E-state index contributed by atoms with van der Waals surface area (Å²) in [7, 11) is 0. The fourth-order valence-electron chi connectivity index (χ4n) is 1.77. The van der Waals surface area contributed by atoms with Gasteiger partial charge in [-0.2, -0.15) is 0 Å². The van der Waals surface area contributed by atoms with E-state index < -0.39 is 5.97 Å². The van der Waals surface area contributed by atoms with Crippen LogP contribution in [0.5, 0.6) is 0 Å². The molecule has 18 heavy (non-hydrogen) atoms. The van der Waals surface area contributed by atoms with Gasteiger partial charge < -0.3 is 10.4 Å². The van der Waals surface area contributed by atoms with Crippen LogP contribution in [0.1, 0.15) is 44.2 Å². The number of nitrogens with one attached hydrogen (secondary N) is 1. The molecule has 1 aromatic carbocycles. The maximum atomic E-state index is 10.3. The fraction of sp³-hybridized carbons (Fsp3) is 0.500. The molecule has 1 rings (SSSR count). The molecule has 0 fully saturated rings. The van der Waals surface area contributed by atoms with Crippen LogP contribution in [-0.4, -0.2) is 17.6 Å². The number of carbonyl (C=O) groups is 1. The zero-order chi connectivity index (χ0) is 13.4. The summed E-state index contributed by atoms with van der Waals surface area (Å²) in [6.07, 6.45) is 2.98. The molecule has 0 aromatic heterocycles. The Bertz CT molecular complexity index is 365. The van der Waals surface area contributed by atoms with Crippen molar-refractivity contribution in [3.63, 3.8) is 0 Å². The molecule has 4 heteroatoms. The van der Waals surface area contributed by atoms with Crippen molar-refractivity contribution in [1.29, 1.82) is 0 Å². The second kappa shape index (κ2) is 8.11. The summed E-state index contributed by atoms with van der Waals surface area (Å²) >= 11 is 5.84. The van der Waals surface area contributed by atoms with Crippen molar-refractivity contribution in [3.8, 4) is 0 Å². The molecule has 0 radical (unpaired) electrons. The number of halogens is 1. The van der Waals surface area contributed by atoms with Crippen LogP contribution in [0, 0.1) is 0 Å². The van der Waals surface area contributed by atoms with E-state index in [1.165, 1.54) is 5.56 Å². The van der Waals surface area contributed by atoms with Crippen molar-refractivity contribution in [2.45, 2.75) is 38.6 Å². The van der Waals surface area contributed by atoms with Crippen LogP contribution in [0.2, 0.25) is 5.02 Å². The van der Waals surface area contributed by atoms with Crippen molar-refractivity contribution < 1.29 is 9.90 Å². The molecule has 0 aliphatic heterocycles. The Morgan fingerprint density at radius 1 is 1.28 bits per heavy atom. The first kappa shape index (κ1) is 15.0. The van der Waals surface area contributed by atoms with Gasteiger partial charge >= 0.3 is 5.97 Å². The molecule has 1 atom stereocenters. The summed E-state index contributed by atoms with van der Waals surface area (Å²) < 4.78 is 0. The molecule has 0 saturated carbocycles. The maximum Gasteiger partial charge on any atom is 0.303 e. The molecular weight excluding hydrogens is 250 g/mol. The van der Waals surface area contributed by atoms with Gasteiger partial charge in [-0.1, -0.05) is 30.2 Å². The van der Waals surface area contributed by atoms with Crippen molar-refractivity contribution in [2.75, 3.05) is 6.54 Å². The SMILES string of the molecule is C[C@H](NCCCCCC(=O)O)c1ccc(Cl)cc1. The first-order chi connectivity index (χ1) is 8.59. The highest BCUT2D eigenvalue weighted by molar-refractivity contribution is 6.30. The molecule has 3 nitrogen and oxygen atoms in total. The van der Waals surface area contributed by atoms with E-state index in [0.717, 1.165) is 30.8 Å². The van der Waals surface area contributed by atoms with E-state index in [9.17, 15) is 4.79 Å². The van der Waals surface area contributed by atoms with Gasteiger partial charge in [0.2, 0.25) is 0 Å². The Balaban J connectivity index is 2.15. The number of carboxylic acid groups (broad SMARTS) is 1. The van der Waals surface area contributed by atoms with E-state index in [4.69, 9.17) is 16.7 Å². The molecule has 0 aliphatic rings. The minimum Gasteiger partial charge on any atom is -0.481 e. The summed E-state index contributed by atoms with van der Waals surface area (Å²) in [5.74, 6) is -0.711. The number of hydrogen-bond donors (Lipinski definition) is 2. The van der Waals surface area contributed by atoms with Crippen LogP contribution in [0.3, 0.4) is 0 Å². The third-order valence-electron chi connectivity index (χ3n) is 2.89. The Morgan fingerprint density at radius 2 is 1.94 bits per heavy atom. The first-order valence-electron chi connectivity index (χ1n) is 6.30. The highest BCUT2D eigenvalue weighted by Crippen LogP contribution is 2.15. The van der Waals surface area contributed by atoms with Crippen LogP contribution >= 0.6 is 11.6 Å². The maximum absolute atomic E-state index is 10.3. The molecular formula is C14H20ClNO2. The lowest BCUT2D eigenvalue weighted by molar-refractivity contribution is -0.137. The number of aliphatic carboxylic acids is 1. The number of unbranched alkanes of at least 4 members (excludes halogenated alkanes) is 2. The van der Waals surface area contributed by atoms with Crippen LogP contribution in [0.4, 0.5) is 0 Å². The molecule has 0 spiro atoms. The average Bonchev–Trinajstić information content (AvgIpc) is 2.34. The van der Waals surface area contributed by atoms with Crippen LogP contribution in [0.15, 0.2) is 24.3 Å². The standard InChI is InChI=1S/C14H20ClNO2/c1-11(12-6-8-13(15)9-7-12)16-10-4-2-3-5-14(17)18/h6-9,11,16H,2-5,10H2,1H3,(H,17,18)/t11-/m0/s1. The van der Waals surface area contributed by atoms with Crippen molar-refractivity contribution >= 4 is 17.6 Å². The second-order valence-electron chi connectivity index (χ2n) is 4.43. The molecule has 2 N–H and O–H groups in total. The van der Waals surface area contributed by atoms with Crippen molar-refractivity contribution in [3.05, 3.63) is 34.9 Å². The van der Waals surface area contributed by atoms with Crippen molar-refractivity contribution in [2.24, 2.45) is 0 Å². The van der Waals surface area contributed by atoms with Gasteiger partial charge in [0.1, 0.15) is 0 Å². The van der Waals surface area contributed by atoms with E-state index in [0.29, 0.717) is 6.04 Å². The van der Waals surface area contributed by atoms with Crippen LogP contribution in [0.25, 0.3) is 0 Å². The molecule has 0 heterocycles. The average molecular weight is 270 g/mol. The summed E-state index contributed by atoms with van der Waals surface area (Å²) in [6.45, 7) is 3.02. The molecule has 100 valence electrons. The second-order valence-corrected chi connectivity index (χ2v) is 4.87. The zero-order valence-corrected chi connectivity index (χ0v) is 11.4. The number of benzene rings is 1. The minimum atomic E-state index is -0.711. The van der Waals surface area contributed by atoms with Gasteiger partial charge in [0.05, 0.1) is 0 Å². The predicted molar refractivity (Wildman–Crippen MR) is 74.0 cm³/mol. The van der Waals surface area contributed by atoms with Crippen LogP contribution in [-0.2, 0) is 4.79 Å². The lowest BCUT2D eigenvalue weighted by Crippen LogP contribution is -2.19. The molecule has 0 aliphatic carbocycles. The van der Waals surface area contributed by atoms with Gasteiger partial charge in [0.25, 0.3) is 0 Å². The van der Waals surface area contributed by atoms with Gasteiger partial charge in [-0.25, -0.2) is 0 Å². The lowest BCUT2D eigenvalue weighted by Gasteiger charge is -2.14. The summed E-state index contributed by atoms with van der Waals surface area (Å²) in [5, 5.41) is 12.7. The van der Waals surface area contributed by atoms with Gasteiger partial charge in [-0.05, 0) is 44.0 Å². The summed E-state index contributed by atoms with van der Waals surface area (Å²) in [6, 6.07) is 8.11. The fourth-order valence-corrected chi connectivity index (χ4v) is 1.89. The molecule has 0 amide bonds. The Hall–Kier alpha value is -1.06. The Labute approximate surface area is 113 Å². The summed E-state index contributed by atoms with van der Waals surface area (Å²) in [4.78, 5) is 10.3. The number of rotatable bonds is 8. The van der Waals surface area contributed by atoms with Gasteiger partial charge in [-0.15, -0.1) is 0 Å². The normalized spacial score (nSPS) is 12.3. The zero-order valence-electron chi connectivity index (χ0n) is 10.7. The van der Waals surface area contributed by atoms with Gasteiger partial charge in [-0.3, -0.25) is 4.79 Å². The van der Waals surface area contributed by atoms with Crippen molar-refractivity contribution in [1.82, 2.24) is 5.32 Å². The molecule has 1 aromatic rings. The lowest BCUT2D eigenvalue weighted by atomic mass is 10.1. The molecule has 0 unspecified atom stereocenters. The van der Waals surface area contributed by atoms with E-state index in [2.05, 4.69) is 12.2 Å². The van der Waals surface area contributed by atoms with E-state index >= 15 is 0 Å². The predicted octanol–water partition coefficient (Wildman–Crippen LogP) is 3.64. The topological polar surface area (TPSA) is 49.3 Å². The monoisotopic (exact) mass is 269 g/mol. The third-order valence-corrected chi connectivity index (χ3v) is 3.14. The minimum absolute atomic E-state index is 0.271. The Morgan fingerprint density at radius 3 is 2.56 bits per heavy atom. The quantitative estimate of drug-likeness (QED) is 0.709. The smallest absolute Gasteiger partial charge is 0.303 e. The summed E-state index contributed by atoms with van der Waals surface area (Å²) in [5.41, 5.74) is 1.21. The molecule has 0 bridgehead atoms. The highest BCUT2D eigenvalue weighted by atomic mass is 35.5. The first-order valence-corrected chi connectivity index (χ1v) is 6.68. The van der Waals surface area contributed by atoms with Crippen LogP contribution < -0.4 is 5.32 Å². The van der Waals surface area contributed by atoms with Gasteiger partial charge in [0.15, 0.2) is 0 Å². The van der Waals surface area contributed by atoms with E-state index in [1.54, 1.807) is 0 Å². The third kappa shape index (κ3) is 6.03. The molecule has 0 saturated heterocycles. The largest absolute Gasteiger partial charge is 0.481 e. The Kier molecular flexibility index (Phi) is 6.76. The van der Waals surface area contributed by atoms with E-state index in [-0.39, 0.29) is 6.42 Å². The number of hydrogen-bond acceptors (Lipinski definition) is 2. The van der Waals surface area contributed by atoms with E-state index in [1.807, 2.05) is 24.3 Å². The highest BCUT2D eigenvalue weighted by Gasteiger charge is 2.04. The number of carboxylic acids is 1. The van der Waals surface area contributed by atoms with Gasteiger partial charge in [0, 0.05) is 17.5 Å².